The third-order valence-corrected chi connectivity index (χ3v) is 4.33. The highest BCUT2D eigenvalue weighted by Crippen LogP contribution is 2.37. The molecule has 0 fully saturated rings. The lowest BCUT2D eigenvalue weighted by molar-refractivity contribution is 0.100. The van der Waals surface area contributed by atoms with Crippen LogP contribution in [0.1, 0.15) is 15.9 Å². The van der Waals surface area contributed by atoms with Crippen molar-refractivity contribution in [3.8, 4) is 21.1 Å². The van der Waals surface area contributed by atoms with E-state index in [0.29, 0.717) is 5.56 Å². The molecule has 2 aromatic heterocycles. The Hall–Kier alpha value is -2.40. The van der Waals surface area contributed by atoms with E-state index in [2.05, 4.69) is 11.1 Å². The summed E-state index contributed by atoms with van der Waals surface area (Å²) in [7, 11) is 0. The summed E-state index contributed by atoms with van der Waals surface area (Å²) in [6.07, 6.45) is 3.12. The minimum atomic E-state index is -0.415. The Morgan fingerprint density at radius 2 is 2.05 bits per heavy atom. The van der Waals surface area contributed by atoms with Crippen molar-refractivity contribution in [1.82, 2.24) is 4.98 Å². The standard InChI is InChI=1S/C15H12N2O2S/c1-9-6-13(12-7-17-8-19-12)20-14(9)10-2-4-11(5-3-10)15(16)18/h2-8H,1H3,(H2,16,18). The van der Waals surface area contributed by atoms with Crippen molar-refractivity contribution in [2.45, 2.75) is 6.92 Å². The molecule has 0 atom stereocenters. The van der Waals surface area contributed by atoms with Crippen LogP contribution in [0.15, 0.2) is 47.3 Å². The maximum atomic E-state index is 11.1. The van der Waals surface area contributed by atoms with Gasteiger partial charge in [-0.15, -0.1) is 11.3 Å². The van der Waals surface area contributed by atoms with Crippen LogP contribution in [0, 0.1) is 6.92 Å². The van der Waals surface area contributed by atoms with Gasteiger partial charge in [-0.3, -0.25) is 4.79 Å². The van der Waals surface area contributed by atoms with Crippen LogP contribution in [-0.4, -0.2) is 10.9 Å². The van der Waals surface area contributed by atoms with Crippen LogP contribution < -0.4 is 5.73 Å². The number of primary amides is 1. The van der Waals surface area contributed by atoms with E-state index in [1.54, 1.807) is 29.7 Å². The SMILES string of the molecule is Cc1cc(-c2cnco2)sc1-c1ccc(C(N)=O)cc1. The smallest absolute Gasteiger partial charge is 0.248 e. The quantitative estimate of drug-likeness (QED) is 0.800. The van der Waals surface area contributed by atoms with Crippen molar-refractivity contribution in [2.24, 2.45) is 5.73 Å². The van der Waals surface area contributed by atoms with Crippen LogP contribution in [0.4, 0.5) is 0 Å². The predicted octanol–water partition coefficient (Wildman–Crippen LogP) is 3.48. The van der Waals surface area contributed by atoms with E-state index < -0.39 is 5.91 Å². The zero-order valence-electron chi connectivity index (χ0n) is 10.8. The molecule has 0 saturated heterocycles. The predicted molar refractivity (Wildman–Crippen MR) is 78.5 cm³/mol. The van der Waals surface area contributed by atoms with E-state index in [0.717, 1.165) is 26.6 Å². The Morgan fingerprint density at radius 3 is 2.65 bits per heavy atom. The molecular weight excluding hydrogens is 272 g/mol. The van der Waals surface area contributed by atoms with Crippen LogP contribution in [0.5, 0.6) is 0 Å². The van der Waals surface area contributed by atoms with Gasteiger partial charge in [-0.25, -0.2) is 4.98 Å². The number of nitrogens with two attached hydrogens (primary N) is 1. The van der Waals surface area contributed by atoms with E-state index >= 15 is 0 Å². The molecule has 1 amide bonds. The summed E-state index contributed by atoms with van der Waals surface area (Å²) < 4.78 is 5.31. The topological polar surface area (TPSA) is 69.1 Å². The number of carbonyl (C=O) groups is 1. The fourth-order valence-corrected chi connectivity index (χ4v) is 3.14. The Balaban J connectivity index is 2.00. The number of aryl methyl sites for hydroxylation is 1. The Kier molecular flexibility index (Phi) is 3.12. The zero-order valence-corrected chi connectivity index (χ0v) is 11.6. The van der Waals surface area contributed by atoms with E-state index in [-0.39, 0.29) is 0 Å². The molecule has 20 heavy (non-hydrogen) atoms. The molecule has 0 aliphatic heterocycles. The molecule has 3 rings (SSSR count). The van der Waals surface area contributed by atoms with Gasteiger partial charge in [-0.2, -0.15) is 0 Å². The molecule has 5 heteroatoms. The van der Waals surface area contributed by atoms with Gasteiger partial charge in [0.15, 0.2) is 12.2 Å². The number of amides is 1. The molecule has 3 aromatic rings. The number of hydrogen-bond acceptors (Lipinski definition) is 4. The number of nitrogens with zero attached hydrogens (tertiary/aromatic N) is 1. The van der Waals surface area contributed by atoms with Gasteiger partial charge in [0.25, 0.3) is 0 Å². The maximum absolute atomic E-state index is 11.1. The van der Waals surface area contributed by atoms with E-state index in [9.17, 15) is 4.79 Å². The highest BCUT2D eigenvalue weighted by atomic mass is 32.1. The first-order chi connectivity index (χ1) is 9.65. The van der Waals surface area contributed by atoms with Gasteiger partial charge in [0.1, 0.15) is 0 Å². The third kappa shape index (κ3) is 2.23. The van der Waals surface area contributed by atoms with Crippen molar-refractivity contribution in [1.29, 1.82) is 0 Å². The molecule has 1 aromatic carbocycles. The summed E-state index contributed by atoms with van der Waals surface area (Å²) in [6.45, 7) is 2.05. The van der Waals surface area contributed by atoms with Crippen molar-refractivity contribution in [3.05, 3.63) is 54.0 Å². The number of benzene rings is 1. The van der Waals surface area contributed by atoms with Gasteiger partial charge < -0.3 is 10.2 Å². The highest BCUT2D eigenvalue weighted by Gasteiger charge is 2.12. The van der Waals surface area contributed by atoms with Crippen molar-refractivity contribution in [3.63, 3.8) is 0 Å². The lowest BCUT2D eigenvalue weighted by Gasteiger charge is -2.01. The highest BCUT2D eigenvalue weighted by molar-refractivity contribution is 7.19. The van der Waals surface area contributed by atoms with Crippen LogP contribution in [-0.2, 0) is 0 Å². The lowest BCUT2D eigenvalue weighted by Crippen LogP contribution is -2.10. The second kappa shape index (κ2) is 4.94. The summed E-state index contributed by atoms with van der Waals surface area (Å²) in [5.74, 6) is 0.347. The van der Waals surface area contributed by atoms with E-state index in [1.165, 1.54) is 6.39 Å². The van der Waals surface area contributed by atoms with Gasteiger partial charge in [0.05, 0.1) is 11.1 Å². The first kappa shape index (κ1) is 12.6. The summed E-state index contributed by atoms with van der Waals surface area (Å²) in [5, 5.41) is 0. The molecule has 0 aliphatic carbocycles. The van der Waals surface area contributed by atoms with Gasteiger partial charge in [0, 0.05) is 10.4 Å². The van der Waals surface area contributed by atoms with E-state index in [1.807, 2.05) is 19.1 Å². The average molecular weight is 284 g/mol. The second-order valence-electron chi connectivity index (χ2n) is 4.43. The van der Waals surface area contributed by atoms with Crippen LogP contribution >= 0.6 is 11.3 Å². The Labute approximate surface area is 119 Å². The average Bonchev–Trinajstić information content (AvgIpc) is 3.08. The fourth-order valence-electron chi connectivity index (χ4n) is 2.01. The summed E-state index contributed by atoms with van der Waals surface area (Å²) in [4.78, 5) is 17.2. The van der Waals surface area contributed by atoms with Gasteiger partial charge >= 0.3 is 0 Å². The van der Waals surface area contributed by atoms with Crippen LogP contribution in [0.3, 0.4) is 0 Å². The maximum Gasteiger partial charge on any atom is 0.248 e. The van der Waals surface area contributed by atoms with Crippen molar-refractivity contribution < 1.29 is 9.21 Å². The molecule has 0 spiro atoms. The molecule has 100 valence electrons. The number of hydrogen-bond donors (Lipinski definition) is 1. The number of oxazole rings is 1. The lowest BCUT2D eigenvalue weighted by atomic mass is 10.1. The second-order valence-corrected chi connectivity index (χ2v) is 5.48. The summed E-state index contributed by atoms with van der Waals surface area (Å²) >= 11 is 1.63. The molecule has 0 saturated carbocycles. The number of rotatable bonds is 3. The van der Waals surface area contributed by atoms with Crippen molar-refractivity contribution >= 4 is 17.2 Å². The van der Waals surface area contributed by atoms with E-state index in [4.69, 9.17) is 10.2 Å². The molecule has 0 radical (unpaired) electrons. The molecule has 0 bridgehead atoms. The largest absolute Gasteiger partial charge is 0.443 e. The third-order valence-electron chi connectivity index (χ3n) is 3.02. The first-order valence-corrected chi connectivity index (χ1v) is 6.86. The molecular formula is C15H12N2O2S. The summed E-state index contributed by atoms with van der Waals surface area (Å²) in [5.41, 5.74) is 7.98. The first-order valence-electron chi connectivity index (χ1n) is 6.04. The Bertz CT molecular complexity index is 743. The zero-order chi connectivity index (χ0) is 14.1. The summed E-state index contributed by atoms with van der Waals surface area (Å²) in [6, 6.07) is 9.37. The fraction of sp³-hybridized carbons (Fsp3) is 0.0667. The molecule has 0 unspecified atom stereocenters. The van der Waals surface area contributed by atoms with Gasteiger partial charge in [-0.05, 0) is 36.2 Å². The molecule has 4 nitrogen and oxygen atoms in total. The minimum Gasteiger partial charge on any atom is -0.443 e. The van der Waals surface area contributed by atoms with Crippen LogP contribution in [0.2, 0.25) is 0 Å². The molecule has 0 aliphatic rings. The number of carbonyl (C=O) groups excluding carboxylic acids is 1. The minimum absolute atomic E-state index is 0.415. The monoisotopic (exact) mass is 284 g/mol. The van der Waals surface area contributed by atoms with Crippen molar-refractivity contribution in [2.75, 3.05) is 0 Å². The van der Waals surface area contributed by atoms with Crippen LogP contribution in [0.25, 0.3) is 21.1 Å². The number of aromatic nitrogens is 1. The normalized spacial score (nSPS) is 10.7. The molecule has 2 N–H and O–H groups in total. The van der Waals surface area contributed by atoms with Gasteiger partial charge in [-0.1, -0.05) is 12.1 Å². The Morgan fingerprint density at radius 1 is 1.30 bits per heavy atom. The number of thiophene rings is 1. The van der Waals surface area contributed by atoms with Gasteiger partial charge in [0.2, 0.25) is 5.91 Å². The molecule has 2 heterocycles.